The maximum absolute atomic E-state index is 13.4. The molecule has 2 fully saturated rings. The molecule has 1 heterocycles. The Morgan fingerprint density at radius 1 is 1.29 bits per heavy atom. The van der Waals surface area contributed by atoms with E-state index in [9.17, 15) is 14.3 Å². The lowest BCUT2D eigenvalue weighted by Crippen LogP contribution is -2.20. The number of carboxylic acids is 1. The molecule has 2 saturated carbocycles. The quantitative estimate of drug-likeness (QED) is 0.940. The first-order chi connectivity index (χ1) is 10.1. The molecule has 0 bridgehead atoms. The summed E-state index contributed by atoms with van der Waals surface area (Å²) in [6.07, 6.45) is 4.68. The molecule has 2 atom stereocenters. The summed E-state index contributed by atoms with van der Waals surface area (Å²) >= 11 is 0. The van der Waals surface area contributed by atoms with Crippen LogP contribution in [0.2, 0.25) is 0 Å². The molecule has 0 spiro atoms. The van der Waals surface area contributed by atoms with Gasteiger partial charge in [-0.05, 0) is 37.8 Å². The van der Waals surface area contributed by atoms with Crippen molar-refractivity contribution in [3.05, 3.63) is 29.8 Å². The third kappa shape index (κ3) is 2.03. The number of aliphatic carboxylic acids is 1. The fraction of sp³-hybridized carbons (Fsp3) is 0.500. The third-order valence-electron chi connectivity index (χ3n) is 4.76. The third-order valence-corrected chi connectivity index (χ3v) is 4.76. The standard InChI is InChI=1S/C16H17FN2O2/c17-9-4-7-14-13(8-9)18-15(19(14)10-5-6-10)11-2-1-3-12(11)16(20)21/h4,7-8,10-12H,1-3,5-6H2,(H,20,21). The molecule has 2 aliphatic carbocycles. The van der Waals surface area contributed by atoms with Gasteiger partial charge in [0, 0.05) is 18.0 Å². The molecule has 0 amide bonds. The number of nitrogens with zero attached hydrogens (tertiary/aromatic N) is 2. The molecule has 5 heteroatoms. The topological polar surface area (TPSA) is 55.1 Å². The first kappa shape index (κ1) is 12.8. The number of carbonyl (C=O) groups is 1. The molecule has 2 aromatic rings. The van der Waals surface area contributed by atoms with Crippen LogP contribution in [-0.4, -0.2) is 20.6 Å². The van der Waals surface area contributed by atoms with Crippen LogP contribution in [0.1, 0.15) is 49.9 Å². The summed E-state index contributed by atoms with van der Waals surface area (Å²) in [7, 11) is 0. The van der Waals surface area contributed by atoms with Gasteiger partial charge in [0.05, 0.1) is 17.0 Å². The Hall–Kier alpha value is -1.91. The number of imidazole rings is 1. The highest BCUT2D eigenvalue weighted by molar-refractivity contribution is 5.77. The van der Waals surface area contributed by atoms with Gasteiger partial charge in [-0.25, -0.2) is 9.37 Å². The molecule has 21 heavy (non-hydrogen) atoms. The number of halogens is 1. The summed E-state index contributed by atoms with van der Waals surface area (Å²) in [4.78, 5) is 16.1. The van der Waals surface area contributed by atoms with Crippen LogP contribution < -0.4 is 0 Å². The van der Waals surface area contributed by atoms with Gasteiger partial charge in [-0.15, -0.1) is 0 Å². The van der Waals surface area contributed by atoms with Crippen molar-refractivity contribution in [1.82, 2.24) is 9.55 Å². The van der Waals surface area contributed by atoms with Crippen LogP contribution in [0.25, 0.3) is 11.0 Å². The average molecular weight is 288 g/mol. The second kappa shape index (κ2) is 4.55. The molecule has 110 valence electrons. The van der Waals surface area contributed by atoms with Crippen LogP contribution in [0, 0.1) is 11.7 Å². The van der Waals surface area contributed by atoms with E-state index in [1.54, 1.807) is 6.07 Å². The predicted octanol–water partition coefficient (Wildman–Crippen LogP) is 3.48. The van der Waals surface area contributed by atoms with Crippen molar-refractivity contribution in [3.8, 4) is 0 Å². The zero-order valence-corrected chi connectivity index (χ0v) is 11.6. The molecule has 1 N–H and O–H groups in total. The van der Waals surface area contributed by atoms with E-state index >= 15 is 0 Å². The van der Waals surface area contributed by atoms with Crippen LogP contribution in [-0.2, 0) is 4.79 Å². The lowest BCUT2D eigenvalue weighted by molar-refractivity contribution is -0.142. The Morgan fingerprint density at radius 2 is 2.10 bits per heavy atom. The number of carboxylic acid groups (broad SMARTS) is 1. The number of hydrogen-bond donors (Lipinski definition) is 1. The second-order valence-corrected chi connectivity index (χ2v) is 6.19. The highest BCUT2D eigenvalue weighted by Crippen LogP contribution is 2.45. The molecular formula is C16H17FN2O2. The first-order valence-electron chi connectivity index (χ1n) is 7.55. The van der Waals surface area contributed by atoms with E-state index in [4.69, 9.17) is 0 Å². The van der Waals surface area contributed by atoms with E-state index in [2.05, 4.69) is 9.55 Å². The van der Waals surface area contributed by atoms with Gasteiger partial charge in [-0.1, -0.05) is 6.42 Å². The second-order valence-electron chi connectivity index (χ2n) is 6.19. The van der Waals surface area contributed by atoms with Gasteiger partial charge in [0.1, 0.15) is 11.6 Å². The van der Waals surface area contributed by atoms with Crippen molar-refractivity contribution in [3.63, 3.8) is 0 Å². The molecular weight excluding hydrogens is 271 g/mol. The van der Waals surface area contributed by atoms with Crippen LogP contribution in [0.3, 0.4) is 0 Å². The van der Waals surface area contributed by atoms with Gasteiger partial charge in [-0.2, -0.15) is 0 Å². The maximum Gasteiger partial charge on any atom is 0.307 e. The van der Waals surface area contributed by atoms with E-state index in [0.717, 1.165) is 37.0 Å². The number of fused-ring (bicyclic) bond motifs is 1. The fourth-order valence-electron chi connectivity index (χ4n) is 3.63. The van der Waals surface area contributed by atoms with E-state index < -0.39 is 5.97 Å². The Balaban J connectivity index is 1.87. The lowest BCUT2D eigenvalue weighted by atomic mass is 9.95. The van der Waals surface area contributed by atoms with Crippen molar-refractivity contribution < 1.29 is 14.3 Å². The van der Waals surface area contributed by atoms with E-state index in [-0.39, 0.29) is 17.7 Å². The predicted molar refractivity (Wildman–Crippen MR) is 75.7 cm³/mol. The Bertz CT molecular complexity index is 720. The number of benzene rings is 1. The maximum atomic E-state index is 13.4. The van der Waals surface area contributed by atoms with Crippen molar-refractivity contribution in [2.45, 2.75) is 44.1 Å². The summed E-state index contributed by atoms with van der Waals surface area (Å²) in [5, 5.41) is 9.41. The normalized spacial score (nSPS) is 25.6. The van der Waals surface area contributed by atoms with Gasteiger partial charge in [-0.3, -0.25) is 4.79 Å². The van der Waals surface area contributed by atoms with Crippen molar-refractivity contribution >= 4 is 17.0 Å². The lowest BCUT2D eigenvalue weighted by Gasteiger charge is -2.17. The Kier molecular flexibility index (Phi) is 2.77. The van der Waals surface area contributed by atoms with Crippen molar-refractivity contribution in [1.29, 1.82) is 0 Å². The number of hydrogen-bond acceptors (Lipinski definition) is 2. The molecule has 0 saturated heterocycles. The number of aromatic nitrogens is 2. The van der Waals surface area contributed by atoms with Crippen LogP contribution in [0.5, 0.6) is 0 Å². The smallest absolute Gasteiger partial charge is 0.307 e. The fourth-order valence-corrected chi connectivity index (χ4v) is 3.63. The summed E-state index contributed by atoms with van der Waals surface area (Å²) in [5.74, 6) is -0.584. The molecule has 4 rings (SSSR count). The van der Waals surface area contributed by atoms with Crippen molar-refractivity contribution in [2.75, 3.05) is 0 Å². The minimum absolute atomic E-state index is 0.0430. The zero-order chi connectivity index (χ0) is 14.6. The zero-order valence-electron chi connectivity index (χ0n) is 11.6. The van der Waals surface area contributed by atoms with Gasteiger partial charge in [0.25, 0.3) is 0 Å². The molecule has 0 aliphatic heterocycles. The summed E-state index contributed by atoms with van der Waals surface area (Å²) in [6.45, 7) is 0. The van der Waals surface area contributed by atoms with Crippen LogP contribution in [0.4, 0.5) is 4.39 Å². The minimum Gasteiger partial charge on any atom is -0.481 e. The molecule has 1 aromatic carbocycles. The minimum atomic E-state index is -0.738. The molecule has 4 nitrogen and oxygen atoms in total. The SMILES string of the molecule is O=C(O)C1CCCC1c1nc2cc(F)ccc2n1C1CC1. The summed E-state index contributed by atoms with van der Waals surface area (Å²) < 4.78 is 15.6. The largest absolute Gasteiger partial charge is 0.481 e. The Morgan fingerprint density at radius 3 is 2.81 bits per heavy atom. The van der Waals surface area contributed by atoms with E-state index in [1.165, 1.54) is 12.1 Å². The molecule has 1 aromatic heterocycles. The molecule has 0 radical (unpaired) electrons. The molecule has 2 unspecified atom stereocenters. The van der Waals surface area contributed by atoms with E-state index in [0.29, 0.717) is 18.0 Å². The number of rotatable bonds is 3. The van der Waals surface area contributed by atoms with Gasteiger partial charge in [0.15, 0.2) is 0 Å². The molecule has 2 aliphatic rings. The van der Waals surface area contributed by atoms with Crippen LogP contribution in [0.15, 0.2) is 18.2 Å². The van der Waals surface area contributed by atoms with E-state index in [1.807, 2.05) is 0 Å². The monoisotopic (exact) mass is 288 g/mol. The van der Waals surface area contributed by atoms with Crippen LogP contribution >= 0.6 is 0 Å². The first-order valence-corrected chi connectivity index (χ1v) is 7.55. The van der Waals surface area contributed by atoms with Gasteiger partial charge < -0.3 is 9.67 Å². The highest BCUT2D eigenvalue weighted by atomic mass is 19.1. The van der Waals surface area contributed by atoms with Gasteiger partial charge in [0.2, 0.25) is 0 Å². The Labute approximate surface area is 121 Å². The highest BCUT2D eigenvalue weighted by Gasteiger charge is 2.39. The van der Waals surface area contributed by atoms with Gasteiger partial charge >= 0.3 is 5.97 Å². The van der Waals surface area contributed by atoms with Crippen molar-refractivity contribution in [2.24, 2.45) is 5.92 Å². The summed E-state index contributed by atoms with van der Waals surface area (Å²) in [6, 6.07) is 5.08. The summed E-state index contributed by atoms with van der Waals surface area (Å²) in [5.41, 5.74) is 1.58. The average Bonchev–Trinajstić information content (AvgIpc) is 3.03.